The maximum atomic E-state index is 6.15. The van der Waals surface area contributed by atoms with E-state index in [0.29, 0.717) is 27.6 Å². The van der Waals surface area contributed by atoms with Gasteiger partial charge in [-0.2, -0.15) is 4.98 Å². The van der Waals surface area contributed by atoms with Crippen LogP contribution in [-0.2, 0) is 6.54 Å². The third kappa shape index (κ3) is 2.70. The number of hydrogen-bond acceptors (Lipinski definition) is 6. The highest BCUT2D eigenvalue weighted by molar-refractivity contribution is 7.80. The summed E-state index contributed by atoms with van der Waals surface area (Å²) in [5, 5.41) is 0.975. The Morgan fingerprint density at radius 1 is 1.35 bits per heavy atom. The van der Waals surface area contributed by atoms with Crippen LogP contribution in [0.15, 0.2) is 17.3 Å². The molecule has 0 aliphatic rings. The summed E-state index contributed by atoms with van der Waals surface area (Å²) in [4.78, 5) is 13.5. The highest BCUT2D eigenvalue weighted by Gasteiger charge is 2.16. The van der Waals surface area contributed by atoms with Crippen molar-refractivity contribution in [3.63, 3.8) is 0 Å². The summed E-state index contributed by atoms with van der Waals surface area (Å²) in [6.07, 6.45) is 3.64. The van der Waals surface area contributed by atoms with Crippen molar-refractivity contribution >= 4 is 41.2 Å². The first-order valence-corrected chi connectivity index (χ1v) is 7.74. The van der Waals surface area contributed by atoms with Gasteiger partial charge in [0.15, 0.2) is 0 Å². The van der Waals surface area contributed by atoms with E-state index < -0.39 is 0 Å². The molecule has 0 aliphatic heterocycles. The number of ether oxygens (including phenoxy) is 1. The number of aromatic nitrogens is 4. The molecule has 0 saturated heterocycles. The quantitative estimate of drug-likeness (QED) is 0.561. The van der Waals surface area contributed by atoms with E-state index in [-0.39, 0.29) is 5.95 Å². The van der Waals surface area contributed by atoms with Crippen LogP contribution >= 0.6 is 24.2 Å². The fraction of sp³-hybridized carbons (Fsp3) is 0.267. The Bertz CT molecular complexity index is 909. The van der Waals surface area contributed by atoms with Crippen molar-refractivity contribution in [1.29, 1.82) is 0 Å². The first-order valence-electron chi connectivity index (χ1n) is 6.92. The summed E-state index contributed by atoms with van der Waals surface area (Å²) in [5.74, 6) is 0.964. The lowest BCUT2D eigenvalue weighted by molar-refractivity contribution is 0.406. The summed E-state index contributed by atoms with van der Waals surface area (Å²) in [7, 11) is 1.66. The maximum Gasteiger partial charge on any atom is 0.223 e. The van der Waals surface area contributed by atoms with Gasteiger partial charge in [-0.15, -0.1) is 12.6 Å². The summed E-state index contributed by atoms with van der Waals surface area (Å²) in [5.41, 5.74) is 9.21. The van der Waals surface area contributed by atoms with Gasteiger partial charge in [0.25, 0.3) is 0 Å². The van der Waals surface area contributed by atoms with Crippen molar-refractivity contribution in [3.8, 4) is 5.75 Å². The molecule has 8 heteroatoms. The van der Waals surface area contributed by atoms with E-state index in [4.69, 9.17) is 22.1 Å². The van der Waals surface area contributed by atoms with Crippen LogP contribution in [0.25, 0.3) is 11.0 Å². The molecule has 0 bridgehead atoms. The Kier molecular flexibility index (Phi) is 4.08. The second-order valence-electron chi connectivity index (χ2n) is 5.26. The molecule has 120 valence electrons. The summed E-state index contributed by atoms with van der Waals surface area (Å²) in [6, 6.07) is 0. The third-order valence-electron chi connectivity index (χ3n) is 3.74. The number of methoxy groups -OCH3 is 1. The first kappa shape index (κ1) is 15.9. The molecule has 0 amide bonds. The molecule has 3 aromatic heterocycles. The van der Waals surface area contributed by atoms with Gasteiger partial charge in [-0.05, 0) is 13.8 Å². The summed E-state index contributed by atoms with van der Waals surface area (Å²) < 4.78 is 7.36. The zero-order valence-electron chi connectivity index (χ0n) is 13.0. The minimum absolute atomic E-state index is 0.126. The average molecular weight is 350 g/mol. The predicted molar refractivity (Wildman–Crippen MR) is 93.6 cm³/mol. The van der Waals surface area contributed by atoms with E-state index in [0.717, 1.165) is 22.6 Å². The minimum Gasteiger partial charge on any atom is -0.496 e. The number of nitrogens with zero attached hydrogens (tertiary/aromatic N) is 4. The highest BCUT2D eigenvalue weighted by atomic mass is 35.5. The van der Waals surface area contributed by atoms with Gasteiger partial charge >= 0.3 is 0 Å². The first-order chi connectivity index (χ1) is 10.9. The van der Waals surface area contributed by atoms with Gasteiger partial charge in [-0.1, -0.05) is 11.6 Å². The van der Waals surface area contributed by atoms with Crippen LogP contribution < -0.4 is 10.5 Å². The van der Waals surface area contributed by atoms with Crippen LogP contribution in [-0.4, -0.2) is 26.6 Å². The van der Waals surface area contributed by atoms with E-state index in [1.807, 2.05) is 24.6 Å². The van der Waals surface area contributed by atoms with E-state index in [2.05, 4.69) is 27.6 Å². The number of nitrogen functional groups attached to an aromatic ring is 1. The van der Waals surface area contributed by atoms with Crippen molar-refractivity contribution in [1.82, 2.24) is 19.5 Å². The van der Waals surface area contributed by atoms with Crippen molar-refractivity contribution < 1.29 is 4.74 Å². The Balaban J connectivity index is 2.13. The largest absolute Gasteiger partial charge is 0.496 e. The monoisotopic (exact) mass is 349 g/mol. The molecule has 0 fully saturated rings. The van der Waals surface area contributed by atoms with E-state index in [1.165, 1.54) is 0 Å². The van der Waals surface area contributed by atoms with Gasteiger partial charge in [0.05, 0.1) is 24.7 Å². The SMILES string of the molecule is COc1c(C)cnc(Cn2cc(S)c3c(Cl)nc(N)nc32)c1C. The van der Waals surface area contributed by atoms with Crippen LogP contribution in [0.5, 0.6) is 5.75 Å². The number of nitrogens with two attached hydrogens (primary N) is 1. The van der Waals surface area contributed by atoms with Gasteiger partial charge in [0.2, 0.25) is 5.95 Å². The number of pyridine rings is 1. The summed E-state index contributed by atoms with van der Waals surface area (Å²) in [6.45, 7) is 4.46. The fourth-order valence-electron chi connectivity index (χ4n) is 2.65. The molecule has 0 aromatic carbocycles. The smallest absolute Gasteiger partial charge is 0.223 e. The normalized spacial score (nSPS) is 11.2. The second kappa shape index (κ2) is 5.90. The number of rotatable bonds is 3. The highest BCUT2D eigenvalue weighted by Crippen LogP contribution is 2.31. The van der Waals surface area contributed by atoms with Gasteiger partial charge in [-0.25, -0.2) is 4.98 Å². The number of fused-ring (bicyclic) bond motifs is 1. The zero-order chi connectivity index (χ0) is 16.7. The summed E-state index contributed by atoms with van der Waals surface area (Å²) >= 11 is 10.6. The molecule has 0 spiro atoms. The molecule has 2 N–H and O–H groups in total. The molecule has 23 heavy (non-hydrogen) atoms. The van der Waals surface area contributed by atoms with Gasteiger partial charge < -0.3 is 15.0 Å². The van der Waals surface area contributed by atoms with Gasteiger partial charge in [0.1, 0.15) is 16.5 Å². The van der Waals surface area contributed by atoms with Gasteiger partial charge in [0, 0.05) is 28.4 Å². The van der Waals surface area contributed by atoms with Crippen molar-refractivity contribution in [2.24, 2.45) is 0 Å². The van der Waals surface area contributed by atoms with Crippen LogP contribution in [0.1, 0.15) is 16.8 Å². The Morgan fingerprint density at radius 2 is 2.09 bits per heavy atom. The third-order valence-corrected chi connectivity index (χ3v) is 4.35. The lowest BCUT2D eigenvalue weighted by Gasteiger charge is -2.13. The molecular formula is C15H16ClN5OS. The van der Waals surface area contributed by atoms with E-state index >= 15 is 0 Å². The molecule has 6 nitrogen and oxygen atoms in total. The van der Waals surface area contributed by atoms with Crippen molar-refractivity contribution in [2.75, 3.05) is 12.8 Å². The molecule has 3 rings (SSSR count). The zero-order valence-corrected chi connectivity index (χ0v) is 14.6. The molecular weight excluding hydrogens is 334 g/mol. The topological polar surface area (TPSA) is 78.8 Å². The standard InChI is InChI=1S/C15H16ClN5OS/c1-7-4-18-9(8(2)12(7)22-3)5-21-6-10(23)11-13(16)19-15(17)20-14(11)21/h4,6,23H,5H2,1-3H3,(H2,17,19,20). The number of halogens is 1. The lowest BCUT2D eigenvalue weighted by Crippen LogP contribution is -2.07. The van der Waals surface area contributed by atoms with E-state index in [1.54, 1.807) is 13.3 Å². The molecule has 0 radical (unpaired) electrons. The molecule has 3 heterocycles. The molecule has 0 aliphatic carbocycles. The van der Waals surface area contributed by atoms with Crippen LogP contribution in [0.4, 0.5) is 5.95 Å². The number of anilines is 1. The average Bonchev–Trinajstić information content (AvgIpc) is 2.79. The van der Waals surface area contributed by atoms with E-state index in [9.17, 15) is 0 Å². The second-order valence-corrected chi connectivity index (χ2v) is 6.10. The van der Waals surface area contributed by atoms with Crippen LogP contribution in [0.2, 0.25) is 5.15 Å². The lowest BCUT2D eigenvalue weighted by atomic mass is 10.1. The number of thiol groups is 1. The van der Waals surface area contributed by atoms with Crippen LogP contribution in [0.3, 0.4) is 0 Å². The molecule has 0 unspecified atom stereocenters. The minimum atomic E-state index is 0.126. The molecule has 0 saturated carbocycles. The Labute approximate surface area is 144 Å². The van der Waals surface area contributed by atoms with Crippen molar-refractivity contribution in [2.45, 2.75) is 25.3 Å². The fourth-order valence-corrected chi connectivity index (χ4v) is 3.34. The maximum absolute atomic E-state index is 6.15. The van der Waals surface area contributed by atoms with Gasteiger partial charge in [-0.3, -0.25) is 4.98 Å². The predicted octanol–water partition coefficient (Wildman–Crippen LogP) is 3.02. The molecule has 0 atom stereocenters. The Morgan fingerprint density at radius 3 is 2.78 bits per heavy atom. The number of hydrogen-bond donors (Lipinski definition) is 2. The number of aryl methyl sites for hydroxylation is 1. The van der Waals surface area contributed by atoms with Crippen molar-refractivity contribution in [3.05, 3.63) is 34.4 Å². The van der Waals surface area contributed by atoms with Crippen LogP contribution in [0, 0.1) is 13.8 Å². The molecule has 3 aromatic rings. The Hall–Kier alpha value is -1.99.